The molecule has 5 N–H and O–H groups in total. The van der Waals surface area contributed by atoms with Crippen LogP contribution >= 0.6 is 0 Å². The topological polar surface area (TPSA) is 140 Å². The number of hydrogen-bond donors (Lipinski definition) is 4. The molecule has 1 saturated heterocycles. The molecule has 3 heterocycles. The molecule has 1 aliphatic rings. The molecule has 1 aliphatic heterocycles. The van der Waals surface area contributed by atoms with E-state index in [1.54, 1.807) is 0 Å². The minimum Gasteiger partial charge on any atom is -0.394 e. The van der Waals surface area contributed by atoms with Crippen LogP contribution < -0.4 is 5.73 Å². The van der Waals surface area contributed by atoms with Gasteiger partial charge in [-0.05, 0) is 12.3 Å². The average Bonchev–Trinajstić information content (AvgIpc) is 3.25. The van der Waals surface area contributed by atoms with Gasteiger partial charge in [0.2, 0.25) is 5.82 Å². The quantitative estimate of drug-likeness (QED) is 0.380. The molecule has 2 aromatic rings. The highest BCUT2D eigenvalue weighted by Crippen LogP contribution is 2.31. The van der Waals surface area contributed by atoms with Crippen molar-refractivity contribution in [1.29, 1.82) is 0 Å². The zero-order chi connectivity index (χ0) is 20.8. The minimum atomic E-state index is -1.23. The molecular weight excluding hydrogens is 374 g/mol. The van der Waals surface area contributed by atoms with Crippen molar-refractivity contribution in [2.75, 3.05) is 12.3 Å². The third kappa shape index (κ3) is 4.85. The number of aromatic nitrogens is 4. The van der Waals surface area contributed by atoms with E-state index in [1.165, 1.54) is 36.6 Å². The van der Waals surface area contributed by atoms with Gasteiger partial charge in [-0.1, -0.05) is 44.9 Å². The van der Waals surface area contributed by atoms with E-state index < -0.39 is 31.1 Å². The van der Waals surface area contributed by atoms with Gasteiger partial charge in [0.25, 0.3) is 0 Å². The first-order chi connectivity index (χ1) is 14.1. The van der Waals surface area contributed by atoms with Crippen LogP contribution in [-0.4, -0.2) is 59.8 Å². The third-order valence-electron chi connectivity index (χ3n) is 5.10. The van der Waals surface area contributed by atoms with Crippen molar-refractivity contribution in [1.82, 2.24) is 19.5 Å². The number of rotatable bonds is 8. The van der Waals surface area contributed by atoms with Crippen LogP contribution in [0.2, 0.25) is 0 Å². The fourth-order valence-electron chi connectivity index (χ4n) is 3.43. The Labute approximate surface area is 169 Å². The zero-order valence-electron chi connectivity index (χ0n) is 16.7. The predicted octanol–water partition coefficient (Wildman–Crippen LogP) is 1.12. The largest absolute Gasteiger partial charge is 0.394 e. The molecule has 2 aromatic heterocycles. The van der Waals surface area contributed by atoms with Crippen LogP contribution in [0.5, 0.6) is 0 Å². The van der Waals surface area contributed by atoms with Crippen molar-refractivity contribution in [3.8, 4) is 11.8 Å². The Morgan fingerprint density at radius 2 is 1.90 bits per heavy atom. The molecule has 9 nitrogen and oxygen atoms in total. The molecule has 0 aliphatic carbocycles. The van der Waals surface area contributed by atoms with Gasteiger partial charge in [-0.2, -0.15) is 0 Å². The monoisotopic (exact) mass is 403 g/mol. The summed E-state index contributed by atoms with van der Waals surface area (Å²) in [6.07, 6.45) is 5.13. The molecular formula is C20H29N5O4. The summed E-state index contributed by atoms with van der Waals surface area (Å²) in [6, 6.07) is 0. The lowest BCUT2D eigenvalue weighted by atomic mass is 10.1. The standard InChI is InChI=1S/C20H29N5O4/c1-2-3-4-5-6-7-8-9-10-14-23-18(21)15-19(24-14)25(12-22-15)20-17(28)16(27)13(11-26)29-20/h12-13,16-17,20,26-28H,2-8,11H2,1H3,(H2,21,23,24)/t13-,16?,17?,20-/m1/s1. The number of aliphatic hydroxyl groups is 3. The SMILES string of the molecule is CCCCCCCCC#Cc1nc(N)c2ncn([C@@H]3O[C@H](CO)C(O)C3O)c2n1. The first kappa shape index (κ1) is 21.5. The van der Waals surface area contributed by atoms with Gasteiger partial charge in [-0.3, -0.25) is 4.57 Å². The Kier molecular flexibility index (Phi) is 7.39. The summed E-state index contributed by atoms with van der Waals surface area (Å²) in [6.45, 7) is 1.79. The Morgan fingerprint density at radius 1 is 1.14 bits per heavy atom. The van der Waals surface area contributed by atoms with Crippen LogP contribution in [0.15, 0.2) is 6.33 Å². The first-order valence-electron chi connectivity index (χ1n) is 10.2. The Hall–Kier alpha value is -2.25. The molecule has 3 rings (SSSR count). The predicted molar refractivity (Wildman–Crippen MR) is 108 cm³/mol. The molecule has 4 atom stereocenters. The minimum absolute atomic E-state index is 0.185. The number of nitrogen functional groups attached to an aromatic ring is 1. The lowest BCUT2D eigenvalue weighted by molar-refractivity contribution is -0.0511. The van der Waals surface area contributed by atoms with Gasteiger partial charge in [-0.15, -0.1) is 0 Å². The second-order valence-electron chi connectivity index (χ2n) is 7.30. The summed E-state index contributed by atoms with van der Waals surface area (Å²) in [4.78, 5) is 12.8. The molecule has 2 unspecified atom stereocenters. The van der Waals surface area contributed by atoms with Crippen molar-refractivity contribution in [3.05, 3.63) is 12.2 Å². The fourth-order valence-corrected chi connectivity index (χ4v) is 3.43. The number of fused-ring (bicyclic) bond motifs is 1. The van der Waals surface area contributed by atoms with E-state index in [1.807, 2.05) is 0 Å². The molecule has 9 heteroatoms. The van der Waals surface area contributed by atoms with Crippen molar-refractivity contribution >= 4 is 17.0 Å². The summed E-state index contributed by atoms with van der Waals surface area (Å²) in [5.41, 5.74) is 6.72. The number of ether oxygens (including phenoxy) is 1. The third-order valence-corrected chi connectivity index (χ3v) is 5.10. The maximum atomic E-state index is 10.3. The average molecular weight is 403 g/mol. The van der Waals surface area contributed by atoms with Crippen LogP contribution in [-0.2, 0) is 4.74 Å². The van der Waals surface area contributed by atoms with Crippen LogP contribution in [0.4, 0.5) is 5.82 Å². The number of unbranched alkanes of at least 4 members (excludes halogenated alkanes) is 6. The summed E-state index contributed by atoms with van der Waals surface area (Å²) < 4.78 is 7.04. The number of imidazole rings is 1. The molecule has 158 valence electrons. The van der Waals surface area contributed by atoms with E-state index >= 15 is 0 Å². The second-order valence-corrected chi connectivity index (χ2v) is 7.30. The highest BCUT2D eigenvalue weighted by atomic mass is 16.6. The maximum Gasteiger partial charge on any atom is 0.208 e. The molecule has 0 radical (unpaired) electrons. The molecule has 0 spiro atoms. The van der Waals surface area contributed by atoms with Crippen molar-refractivity contribution in [3.63, 3.8) is 0 Å². The normalized spacial score (nSPS) is 24.0. The summed E-state index contributed by atoms with van der Waals surface area (Å²) in [7, 11) is 0. The smallest absolute Gasteiger partial charge is 0.208 e. The Balaban J connectivity index is 1.72. The number of hydrogen-bond acceptors (Lipinski definition) is 8. The summed E-state index contributed by atoms with van der Waals surface area (Å²) in [5.74, 6) is 6.48. The van der Waals surface area contributed by atoms with E-state index in [2.05, 4.69) is 33.7 Å². The van der Waals surface area contributed by atoms with E-state index in [9.17, 15) is 15.3 Å². The van der Waals surface area contributed by atoms with Crippen molar-refractivity contribution < 1.29 is 20.1 Å². The number of nitrogens with zero attached hydrogens (tertiary/aromatic N) is 4. The summed E-state index contributed by atoms with van der Waals surface area (Å²) >= 11 is 0. The van der Waals surface area contributed by atoms with Crippen molar-refractivity contribution in [2.45, 2.75) is 76.4 Å². The molecule has 0 aromatic carbocycles. The number of aliphatic hydroxyl groups excluding tert-OH is 3. The highest BCUT2D eigenvalue weighted by Gasteiger charge is 2.44. The molecule has 1 fully saturated rings. The number of anilines is 1. The first-order valence-corrected chi connectivity index (χ1v) is 10.2. The van der Waals surface area contributed by atoms with Gasteiger partial charge in [-0.25, -0.2) is 15.0 Å². The van der Waals surface area contributed by atoms with E-state index in [-0.39, 0.29) is 11.6 Å². The van der Waals surface area contributed by atoms with Crippen LogP contribution in [0.3, 0.4) is 0 Å². The number of nitrogens with two attached hydrogens (primary N) is 1. The van der Waals surface area contributed by atoms with E-state index in [4.69, 9.17) is 10.5 Å². The lowest BCUT2D eigenvalue weighted by Gasteiger charge is -2.16. The second kappa shape index (κ2) is 9.98. The van der Waals surface area contributed by atoms with E-state index in [0.29, 0.717) is 11.2 Å². The maximum absolute atomic E-state index is 10.3. The zero-order valence-corrected chi connectivity index (χ0v) is 16.7. The molecule has 0 amide bonds. The van der Waals surface area contributed by atoms with Gasteiger partial charge in [0.15, 0.2) is 17.7 Å². The molecule has 0 saturated carbocycles. The van der Waals surface area contributed by atoms with Crippen LogP contribution in [0, 0.1) is 11.8 Å². The van der Waals surface area contributed by atoms with Gasteiger partial charge < -0.3 is 25.8 Å². The Morgan fingerprint density at radius 3 is 2.62 bits per heavy atom. The lowest BCUT2D eigenvalue weighted by Crippen LogP contribution is -2.33. The molecule has 29 heavy (non-hydrogen) atoms. The van der Waals surface area contributed by atoms with Gasteiger partial charge in [0.1, 0.15) is 23.8 Å². The summed E-state index contributed by atoms with van der Waals surface area (Å²) in [5, 5.41) is 29.6. The van der Waals surface area contributed by atoms with Crippen LogP contribution in [0.25, 0.3) is 11.2 Å². The van der Waals surface area contributed by atoms with Crippen LogP contribution in [0.1, 0.15) is 63.9 Å². The van der Waals surface area contributed by atoms with Gasteiger partial charge in [0.05, 0.1) is 12.9 Å². The Bertz CT molecular complexity index is 875. The van der Waals surface area contributed by atoms with Gasteiger partial charge in [0, 0.05) is 6.42 Å². The van der Waals surface area contributed by atoms with Crippen molar-refractivity contribution in [2.24, 2.45) is 0 Å². The highest BCUT2D eigenvalue weighted by molar-refractivity contribution is 5.82. The molecule has 0 bridgehead atoms. The fraction of sp³-hybridized carbons (Fsp3) is 0.650. The van der Waals surface area contributed by atoms with E-state index in [0.717, 1.165) is 19.3 Å². The van der Waals surface area contributed by atoms with Gasteiger partial charge >= 0.3 is 0 Å².